The summed E-state index contributed by atoms with van der Waals surface area (Å²) in [6.45, 7) is 0.0368. The number of hydrogen-bond donors (Lipinski definition) is 1. The van der Waals surface area contributed by atoms with Crippen molar-refractivity contribution in [1.29, 1.82) is 0 Å². The van der Waals surface area contributed by atoms with Gasteiger partial charge in [0, 0.05) is 17.7 Å². The van der Waals surface area contributed by atoms with Gasteiger partial charge in [0.2, 0.25) is 0 Å². The number of carbonyl (C=O) groups excluding carboxylic acids is 2. The van der Waals surface area contributed by atoms with Crippen molar-refractivity contribution < 1.29 is 23.5 Å². The first-order chi connectivity index (χ1) is 22.4. The van der Waals surface area contributed by atoms with Gasteiger partial charge in [0.1, 0.15) is 17.3 Å². The summed E-state index contributed by atoms with van der Waals surface area (Å²) < 4.78 is 26.1. The third-order valence-corrected chi connectivity index (χ3v) is 9.15. The molecule has 1 aliphatic rings. The summed E-state index contributed by atoms with van der Waals surface area (Å²) in [7, 11) is 3.14. The molecule has 234 valence electrons. The topological polar surface area (TPSA) is 111 Å². The van der Waals surface area contributed by atoms with Gasteiger partial charge in [-0.25, -0.2) is 9.40 Å². The van der Waals surface area contributed by atoms with Gasteiger partial charge in [0.15, 0.2) is 11.0 Å². The summed E-state index contributed by atoms with van der Waals surface area (Å²) in [5.41, 5.74) is 2.80. The number of benzene rings is 3. The van der Waals surface area contributed by atoms with Crippen LogP contribution in [0.3, 0.4) is 0 Å². The van der Waals surface area contributed by atoms with Crippen molar-refractivity contribution in [3.05, 3.63) is 118 Å². The normalized spacial score (nSPS) is 14.2. The maximum absolute atomic E-state index is 13.8. The van der Waals surface area contributed by atoms with E-state index >= 15 is 0 Å². The summed E-state index contributed by atoms with van der Waals surface area (Å²) in [5, 5.41) is 20.2. The smallest absolute Gasteiger partial charge is 0.253 e. The van der Waals surface area contributed by atoms with E-state index in [1.54, 1.807) is 59.4 Å². The first-order valence-corrected chi connectivity index (χ1v) is 16.1. The lowest BCUT2D eigenvalue weighted by Crippen LogP contribution is -2.28. The molecule has 0 saturated heterocycles. The number of halogens is 1. The number of methoxy groups -OCH3 is 2. The summed E-state index contributed by atoms with van der Waals surface area (Å²) in [6.07, 6.45) is 0.576. The third-order valence-electron chi connectivity index (χ3n) is 7.32. The zero-order chi connectivity index (χ0) is 32.0. The van der Waals surface area contributed by atoms with E-state index < -0.39 is 5.82 Å². The molecule has 6 rings (SSSR count). The molecule has 5 aromatic rings. The highest BCUT2D eigenvalue weighted by atomic mass is 32.2. The molecule has 0 radical (unpaired) electrons. The standard InChI is InChI=1S/C33H29FN6O4S2/c1-43-25-14-8-21(9-15-25)28-18-27(29-7-4-16-45-29)38-40(28)31(41)20-46-33-37-36-30(39(33)24-12-10-23(34)11-13-24)19-35-32(42)22-5-3-6-26(17-22)44-2/h3-17,28H,18-20H2,1-2H3,(H,35,42). The van der Waals surface area contributed by atoms with Crippen LogP contribution in [0.25, 0.3) is 5.69 Å². The molecule has 3 aromatic carbocycles. The predicted molar refractivity (Wildman–Crippen MR) is 174 cm³/mol. The first-order valence-electron chi connectivity index (χ1n) is 14.3. The highest BCUT2D eigenvalue weighted by Crippen LogP contribution is 2.35. The lowest BCUT2D eigenvalue weighted by atomic mass is 10.0. The minimum absolute atomic E-state index is 0.0172. The molecular weight excluding hydrogens is 628 g/mol. The molecule has 46 heavy (non-hydrogen) atoms. The minimum atomic E-state index is -0.396. The Kier molecular flexibility index (Phi) is 9.41. The van der Waals surface area contributed by atoms with Gasteiger partial charge in [-0.15, -0.1) is 21.5 Å². The van der Waals surface area contributed by atoms with E-state index in [1.165, 1.54) is 36.0 Å². The molecule has 2 aromatic heterocycles. The Morgan fingerprint density at radius 1 is 0.978 bits per heavy atom. The van der Waals surface area contributed by atoms with Gasteiger partial charge in [-0.05, 0) is 71.6 Å². The second-order valence-corrected chi connectivity index (χ2v) is 12.1. The Hall–Kier alpha value is -5.01. The van der Waals surface area contributed by atoms with Crippen LogP contribution in [0.2, 0.25) is 0 Å². The van der Waals surface area contributed by atoms with Crippen LogP contribution in [0.15, 0.2) is 101 Å². The number of nitrogens with zero attached hydrogens (tertiary/aromatic N) is 5. The number of amides is 2. The molecule has 1 N–H and O–H groups in total. The quantitative estimate of drug-likeness (QED) is 0.177. The van der Waals surface area contributed by atoms with Crippen LogP contribution in [0.1, 0.15) is 39.1 Å². The molecule has 1 unspecified atom stereocenters. The zero-order valence-corrected chi connectivity index (χ0v) is 26.6. The number of hydrazone groups is 1. The van der Waals surface area contributed by atoms with Crippen LogP contribution in [-0.2, 0) is 11.3 Å². The van der Waals surface area contributed by atoms with E-state index in [0.717, 1.165) is 21.9 Å². The van der Waals surface area contributed by atoms with Gasteiger partial charge < -0.3 is 14.8 Å². The number of aromatic nitrogens is 3. The Morgan fingerprint density at radius 3 is 2.48 bits per heavy atom. The van der Waals surface area contributed by atoms with Crippen molar-refractivity contribution in [3.8, 4) is 17.2 Å². The van der Waals surface area contributed by atoms with Crippen LogP contribution in [0.4, 0.5) is 4.39 Å². The van der Waals surface area contributed by atoms with Crippen LogP contribution in [0, 0.1) is 5.82 Å². The molecule has 3 heterocycles. The SMILES string of the molecule is COc1ccc(C2CC(c3cccs3)=NN2C(=O)CSc2nnc(CNC(=O)c3cccc(OC)c3)n2-c2ccc(F)cc2)cc1. The predicted octanol–water partition coefficient (Wildman–Crippen LogP) is 5.89. The van der Waals surface area contributed by atoms with Crippen LogP contribution in [0.5, 0.6) is 11.5 Å². The van der Waals surface area contributed by atoms with E-state index in [-0.39, 0.29) is 30.2 Å². The van der Waals surface area contributed by atoms with Gasteiger partial charge >= 0.3 is 0 Å². The lowest BCUT2D eigenvalue weighted by Gasteiger charge is -2.22. The maximum Gasteiger partial charge on any atom is 0.253 e. The number of thiophene rings is 1. The van der Waals surface area contributed by atoms with Crippen molar-refractivity contribution >= 4 is 40.6 Å². The second kappa shape index (κ2) is 14.0. The first kappa shape index (κ1) is 31.0. The molecule has 1 aliphatic heterocycles. The molecule has 0 aliphatic carbocycles. The average molecular weight is 657 g/mol. The number of thioether (sulfide) groups is 1. The van der Waals surface area contributed by atoms with Crippen molar-refractivity contribution in [1.82, 2.24) is 25.1 Å². The fourth-order valence-corrected chi connectivity index (χ4v) is 6.54. The molecule has 0 saturated carbocycles. The molecule has 2 amide bonds. The van der Waals surface area contributed by atoms with Crippen LogP contribution in [-0.4, -0.2) is 57.3 Å². The molecule has 13 heteroatoms. The van der Waals surface area contributed by atoms with Gasteiger partial charge in [-0.2, -0.15) is 5.10 Å². The molecule has 0 fully saturated rings. The summed E-state index contributed by atoms with van der Waals surface area (Å²) >= 11 is 2.77. The van der Waals surface area contributed by atoms with Crippen LogP contribution >= 0.6 is 23.1 Å². The number of rotatable bonds is 11. The zero-order valence-electron chi connectivity index (χ0n) is 24.9. The molecule has 0 spiro atoms. The van der Waals surface area contributed by atoms with Crippen molar-refractivity contribution in [2.45, 2.75) is 24.2 Å². The highest BCUT2D eigenvalue weighted by molar-refractivity contribution is 7.99. The minimum Gasteiger partial charge on any atom is -0.497 e. The summed E-state index contributed by atoms with van der Waals surface area (Å²) in [6, 6.07) is 24.0. The number of carbonyl (C=O) groups is 2. The van der Waals surface area contributed by atoms with Gasteiger partial charge in [0.25, 0.3) is 11.8 Å². The Bertz CT molecular complexity index is 1860. The molecule has 10 nitrogen and oxygen atoms in total. The van der Waals surface area contributed by atoms with E-state index in [4.69, 9.17) is 14.6 Å². The Labute approximate surface area is 272 Å². The molecule has 0 bridgehead atoms. The van der Waals surface area contributed by atoms with Crippen LogP contribution < -0.4 is 14.8 Å². The van der Waals surface area contributed by atoms with E-state index in [2.05, 4.69) is 15.5 Å². The molecule has 1 atom stereocenters. The number of hydrogen-bond acceptors (Lipinski definition) is 9. The number of ether oxygens (including phenoxy) is 2. The monoisotopic (exact) mass is 656 g/mol. The fraction of sp³-hybridized carbons (Fsp3) is 0.182. The van der Waals surface area contributed by atoms with Crippen molar-refractivity contribution in [2.75, 3.05) is 20.0 Å². The van der Waals surface area contributed by atoms with E-state index in [0.29, 0.717) is 34.4 Å². The highest BCUT2D eigenvalue weighted by Gasteiger charge is 2.33. The van der Waals surface area contributed by atoms with Gasteiger partial charge in [0.05, 0.1) is 43.1 Å². The Morgan fingerprint density at radius 2 is 1.76 bits per heavy atom. The van der Waals surface area contributed by atoms with E-state index in [1.807, 2.05) is 41.8 Å². The Balaban J connectivity index is 1.23. The van der Waals surface area contributed by atoms with Gasteiger partial charge in [-0.1, -0.05) is 36.0 Å². The second-order valence-electron chi connectivity index (χ2n) is 10.2. The number of nitrogens with one attached hydrogen (secondary N) is 1. The largest absolute Gasteiger partial charge is 0.497 e. The van der Waals surface area contributed by atoms with E-state index in [9.17, 15) is 14.0 Å². The van der Waals surface area contributed by atoms with Crippen molar-refractivity contribution in [2.24, 2.45) is 5.10 Å². The molecular formula is C33H29FN6O4S2. The maximum atomic E-state index is 13.8. The van der Waals surface area contributed by atoms with Gasteiger partial charge in [-0.3, -0.25) is 14.2 Å². The fourth-order valence-electron chi connectivity index (χ4n) is 4.99. The average Bonchev–Trinajstić information content (AvgIpc) is 3.87. The summed E-state index contributed by atoms with van der Waals surface area (Å²) in [5.74, 6) is 0.785. The summed E-state index contributed by atoms with van der Waals surface area (Å²) in [4.78, 5) is 27.7. The third kappa shape index (κ3) is 6.80. The van der Waals surface area contributed by atoms with Crippen molar-refractivity contribution in [3.63, 3.8) is 0 Å². The lowest BCUT2D eigenvalue weighted by molar-refractivity contribution is -0.130.